The lowest BCUT2D eigenvalue weighted by atomic mass is 10.2. The second-order valence-corrected chi connectivity index (χ2v) is 4.51. The molecule has 1 aromatic carbocycles. The van der Waals surface area contributed by atoms with Gasteiger partial charge in [-0.15, -0.1) is 0 Å². The highest BCUT2D eigenvalue weighted by molar-refractivity contribution is 5.61. The van der Waals surface area contributed by atoms with Crippen molar-refractivity contribution in [2.45, 2.75) is 6.92 Å². The van der Waals surface area contributed by atoms with E-state index in [1.165, 1.54) is 0 Å². The number of hydrogen-bond acceptors (Lipinski definition) is 7. The molecule has 0 amide bonds. The molecule has 1 heterocycles. The predicted octanol–water partition coefficient (Wildman–Crippen LogP) is 1.89. The van der Waals surface area contributed by atoms with Gasteiger partial charge in [0.1, 0.15) is 11.9 Å². The Morgan fingerprint density at radius 3 is 2.81 bits per heavy atom. The van der Waals surface area contributed by atoms with Crippen molar-refractivity contribution >= 4 is 17.3 Å². The maximum Gasteiger partial charge on any atom is 0.322 e. The summed E-state index contributed by atoms with van der Waals surface area (Å²) in [6.45, 7) is 1.64. The van der Waals surface area contributed by atoms with E-state index in [-0.39, 0.29) is 12.6 Å². The van der Waals surface area contributed by atoms with Crippen LogP contribution in [0.25, 0.3) is 0 Å². The molecule has 21 heavy (non-hydrogen) atoms. The quantitative estimate of drug-likeness (QED) is 0.897. The molecule has 7 heteroatoms. The van der Waals surface area contributed by atoms with Crippen molar-refractivity contribution in [2.24, 2.45) is 0 Å². The van der Waals surface area contributed by atoms with Crippen molar-refractivity contribution in [1.29, 1.82) is 5.26 Å². The van der Waals surface area contributed by atoms with Gasteiger partial charge in [-0.1, -0.05) is 6.07 Å². The summed E-state index contributed by atoms with van der Waals surface area (Å²) in [6, 6.07) is 9.86. The molecule has 0 saturated carbocycles. The summed E-state index contributed by atoms with van der Waals surface area (Å²) in [5.74, 6) is 0.899. The number of nitrogens with one attached hydrogen (secondary N) is 1. The average Bonchev–Trinajstić information content (AvgIpc) is 2.45. The van der Waals surface area contributed by atoms with Gasteiger partial charge >= 0.3 is 6.01 Å². The summed E-state index contributed by atoms with van der Waals surface area (Å²) in [7, 11) is 3.94. The predicted molar refractivity (Wildman–Crippen MR) is 79.7 cm³/mol. The number of ether oxygens (including phenoxy) is 1. The number of anilines is 3. The van der Waals surface area contributed by atoms with Crippen LogP contribution in [0.3, 0.4) is 0 Å². The summed E-state index contributed by atoms with van der Waals surface area (Å²) in [4.78, 5) is 14.3. The van der Waals surface area contributed by atoms with Crippen LogP contribution in [0, 0.1) is 18.3 Å². The maximum absolute atomic E-state index is 8.52. The smallest absolute Gasteiger partial charge is 0.322 e. The highest BCUT2D eigenvalue weighted by Crippen LogP contribution is 2.20. The molecule has 2 aromatic rings. The van der Waals surface area contributed by atoms with Gasteiger partial charge in [0.15, 0.2) is 6.61 Å². The first kappa shape index (κ1) is 14.5. The monoisotopic (exact) mass is 284 g/mol. The van der Waals surface area contributed by atoms with E-state index in [2.05, 4.69) is 20.3 Å². The second-order valence-electron chi connectivity index (χ2n) is 4.51. The molecule has 0 spiro atoms. The summed E-state index contributed by atoms with van der Waals surface area (Å²) in [5, 5.41) is 11.6. The van der Waals surface area contributed by atoms with Crippen LogP contribution in [-0.4, -0.2) is 35.7 Å². The first-order valence-electron chi connectivity index (χ1n) is 6.35. The minimum atomic E-state index is -0.0982. The van der Waals surface area contributed by atoms with Crippen molar-refractivity contribution < 1.29 is 4.74 Å². The van der Waals surface area contributed by atoms with Crippen molar-refractivity contribution in [3.05, 3.63) is 30.1 Å². The Morgan fingerprint density at radius 1 is 1.29 bits per heavy atom. The fourth-order valence-corrected chi connectivity index (χ4v) is 1.67. The van der Waals surface area contributed by atoms with Gasteiger partial charge in [-0.2, -0.15) is 20.2 Å². The number of aromatic nitrogens is 3. The molecule has 0 unspecified atom stereocenters. The third-order valence-corrected chi connectivity index (χ3v) is 2.61. The Hall–Kier alpha value is -2.88. The van der Waals surface area contributed by atoms with Gasteiger partial charge < -0.3 is 15.0 Å². The zero-order chi connectivity index (χ0) is 15.2. The Labute approximate surface area is 123 Å². The van der Waals surface area contributed by atoms with Gasteiger partial charge in [0.25, 0.3) is 0 Å². The normalized spacial score (nSPS) is 9.81. The van der Waals surface area contributed by atoms with Crippen LogP contribution >= 0.6 is 0 Å². The van der Waals surface area contributed by atoms with Crippen LogP contribution in [0.1, 0.15) is 5.82 Å². The summed E-state index contributed by atoms with van der Waals surface area (Å²) >= 11 is 0. The molecule has 2 rings (SSSR count). The summed E-state index contributed by atoms with van der Waals surface area (Å²) < 4.78 is 5.10. The number of hydrogen-bond donors (Lipinski definition) is 1. The minimum Gasteiger partial charge on any atom is -0.448 e. The maximum atomic E-state index is 8.52. The molecule has 0 aliphatic carbocycles. The van der Waals surface area contributed by atoms with Crippen molar-refractivity contribution in [3.8, 4) is 12.1 Å². The number of benzene rings is 1. The van der Waals surface area contributed by atoms with Gasteiger partial charge in [0.05, 0.1) is 0 Å². The number of nitrogens with zero attached hydrogens (tertiary/aromatic N) is 5. The molecule has 0 fully saturated rings. The molecule has 7 nitrogen and oxygen atoms in total. The molecular formula is C14H16N6O. The van der Waals surface area contributed by atoms with Crippen molar-refractivity contribution in [3.63, 3.8) is 0 Å². The Morgan fingerprint density at radius 2 is 2.10 bits per heavy atom. The zero-order valence-electron chi connectivity index (χ0n) is 12.2. The topological polar surface area (TPSA) is 87.0 Å². The lowest BCUT2D eigenvalue weighted by Gasteiger charge is -2.14. The van der Waals surface area contributed by atoms with Crippen LogP contribution in [0.4, 0.5) is 17.3 Å². The molecule has 0 atom stereocenters. The Bertz CT molecular complexity index is 665. The minimum absolute atomic E-state index is 0.0982. The molecule has 0 aliphatic rings. The van der Waals surface area contributed by atoms with E-state index >= 15 is 0 Å². The third-order valence-electron chi connectivity index (χ3n) is 2.61. The molecule has 1 aromatic heterocycles. The highest BCUT2D eigenvalue weighted by Gasteiger charge is 2.06. The molecule has 0 bridgehead atoms. The molecule has 0 saturated heterocycles. The highest BCUT2D eigenvalue weighted by atomic mass is 16.5. The Kier molecular flexibility index (Phi) is 4.51. The lowest BCUT2D eigenvalue weighted by molar-refractivity contribution is 0.336. The van der Waals surface area contributed by atoms with E-state index in [0.717, 1.165) is 11.4 Å². The molecule has 108 valence electrons. The van der Waals surface area contributed by atoms with Gasteiger partial charge in [-0.05, 0) is 25.1 Å². The van der Waals surface area contributed by atoms with Crippen LogP contribution in [0.5, 0.6) is 6.01 Å². The first-order chi connectivity index (χ1) is 10.1. The first-order valence-corrected chi connectivity index (χ1v) is 6.35. The third kappa shape index (κ3) is 4.04. The van der Waals surface area contributed by atoms with E-state index in [0.29, 0.717) is 11.8 Å². The number of aryl methyl sites for hydroxylation is 1. The van der Waals surface area contributed by atoms with Crippen LogP contribution in [0.2, 0.25) is 0 Å². The van der Waals surface area contributed by atoms with Crippen molar-refractivity contribution in [1.82, 2.24) is 15.0 Å². The van der Waals surface area contributed by atoms with Crippen LogP contribution in [-0.2, 0) is 0 Å². The van der Waals surface area contributed by atoms with Gasteiger partial charge in [-0.25, -0.2) is 0 Å². The van der Waals surface area contributed by atoms with Gasteiger partial charge in [0, 0.05) is 25.5 Å². The standard InChI is InChI=1S/C14H16N6O/c1-10-16-13(19-14(17-10)21-8-7-15)18-11-5-4-6-12(9-11)20(2)3/h4-6,9H,8H2,1-3H3,(H,16,17,18,19). The van der Waals surface area contributed by atoms with E-state index < -0.39 is 0 Å². The second kappa shape index (κ2) is 6.52. The van der Waals surface area contributed by atoms with E-state index in [1.807, 2.05) is 49.3 Å². The van der Waals surface area contributed by atoms with Crippen LogP contribution < -0.4 is 15.0 Å². The fraction of sp³-hybridized carbons (Fsp3) is 0.286. The Balaban J connectivity index is 2.21. The molecule has 0 aliphatic heterocycles. The van der Waals surface area contributed by atoms with E-state index in [4.69, 9.17) is 10.00 Å². The summed E-state index contributed by atoms with van der Waals surface area (Å²) in [5.41, 5.74) is 1.92. The molecule has 1 N–H and O–H groups in total. The SMILES string of the molecule is Cc1nc(Nc2cccc(N(C)C)c2)nc(OCC#N)n1. The van der Waals surface area contributed by atoms with Crippen LogP contribution in [0.15, 0.2) is 24.3 Å². The number of nitriles is 1. The van der Waals surface area contributed by atoms with Gasteiger partial charge in [-0.3, -0.25) is 0 Å². The molecule has 0 radical (unpaired) electrons. The average molecular weight is 284 g/mol. The molecular weight excluding hydrogens is 268 g/mol. The summed E-state index contributed by atoms with van der Waals surface area (Å²) in [6.07, 6.45) is 0. The zero-order valence-corrected chi connectivity index (χ0v) is 12.2. The lowest BCUT2D eigenvalue weighted by Crippen LogP contribution is -2.09. The largest absolute Gasteiger partial charge is 0.448 e. The van der Waals surface area contributed by atoms with E-state index in [1.54, 1.807) is 6.92 Å². The van der Waals surface area contributed by atoms with E-state index in [9.17, 15) is 0 Å². The van der Waals surface area contributed by atoms with Crippen molar-refractivity contribution in [2.75, 3.05) is 30.9 Å². The number of rotatable bonds is 5. The fourth-order valence-electron chi connectivity index (χ4n) is 1.67. The van der Waals surface area contributed by atoms with Gasteiger partial charge in [0.2, 0.25) is 5.95 Å².